The number of anilines is 2. The van der Waals surface area contributed by atoms with E-state index in [1.54, 1.807) is 13.8 Å². The van der Waals surface area contributed by atoms with Gasteiger partial charge in [-0.15, -0.1) is 0 Å². The van der Waals surface area contributed by atoms with E-state index >= 15 is 0 Å². The Morgan fingerprint density at radius 1 is 1.50 bits per heavy atom. The van der Waals surface area contributed by atoms with Gasteiger partial charge in [0.25, 0.3) is 0 Å². The van der Waals surface area contributed by atoms with E-state index in [9.17, 15) is 14.9 Å². The quantitative estimate of drug-likeness (QED) is 0.364. The molecule has 0 spiro atoms. The predicted molar refractivity (Wildman–Crippen MR) is 72.9 cm³/mol. The molecule has 110 valence electrons. The first kappa shape index (κ1) is 15.6. The number of hydrazine groups is 1. The molecule has 0 saturated carbocycles. The monoisotopic (exact) mass is 283 g/mol. The van der Waals surface area contributed by atoms with Crippen LogP contribution in [0.1, 0.15) is 19.5 Å². The lowest BCUT2D eigenvalue weighted by Crippen LogP contribution is -2.39. The van der Waals surface area contributed by atoms with E-state index in [4.69, 9.17) is 11.6 Å². The minimum Gasteiger partial charge on any atom is -0.368 e. The summed E-state index contributed by atoms with van der Waals surface area (Å²) in [4.78, 5) is 31.0. The van der Waals surface area contributed by atoms with E-state index in [2.05, 4.69) is 15.4 Å². The molecule has 1 aromatic rings. The Balaban J connectivity index is 3.47. The molecule has 0 aliphatic carbocycles. The lowest BCUT2D eigenvalue weighted by Gasteiger charge is -2.26. The summed E-state index contributed by atoms with van der Waals surface area (Å²) in [6.07, 6.45) is 0. The molecule has 1 rings (SSSR count). The third-order valence-electron chi connectivity index (χ3n) is 2.57. The second kappa shape index (κ2) is 6.10. The zero-order valence-electron chi connectivity index (χ0n) is 11.5. The van der Waals surface area contributed by atoms with Crippen LogP contribution in [0.4, 0.5) is 17.5 Å². The van der Waals surface area contributed by atoms with Gasteiger partial charge in [0.1, 0.15) is 5.69 Å². The minimum atomic E-state index is -0.619. The molecule has 1 amide bonds. The van der Waals surface area contributed by atoms with E-state index in [0.29, 0.717) is 0 Å². The number of nitrogens with two attached hydrogens (primary N) is 2. The molecule has 5 N–H and O–H groups in total. The number of nitrogen functional groups attached to an aromatic ring is 1. The Labute approximate surface area is 115 Å². The smallest absolute Gasteiger partial charge is 0.332 e. The van der Waals surface area contributed by atoms with Crippen molar-refractivity contribution in [3.8, 4) is 0 Å². The first-order valence-corrected chi connectivity index (χ1v) is 5.82. The zero-order chi connectivity index (χ0) is 15.4. The van der Waals surface area contributed by atoms with Crippen LogP contribution in [-0.2, 0) is 4.79 Å². The average molecular weight is 283 g/mol. The Morgan fingerprint density at radius 3 is 2.50 bits per heavy atom. The van der Waals surface area contributed by atoms with Crippen LogP contribution in [0.15, 0.2) is 0 Å². The number of aryl methyl sites for hydroxylation is 1. The Bertz CT molecular complexity index is 532. The van der Waals surface area contributed by atoms with E-state index < -0.39 is 10.8 Å². The number of nitrogens with one attached hydrogen (secondary N) is 1. The number of primary amides is 1. The number of hydrogen-bond acceptors (Lipinski definition) is 8. The number of nitrogens with zero attached hydrogens (tertiary/aromatic N) is 4. The molecular weight excluding hydrogens is 266 g/mol. The number of carbonyl (C=O) groups excluding carboxylic acids is 1. The van der Waals surface area contributed by atoms with E-state index in [1.807, 2.05) is 0 Å². The normalized spacial score (nSPS) is 10.4. The SMILES string of the molecule is Cc1nc(NN)nc(N(CC(N)=O)C(C)C)c1[N+](=O)[O-]. The lowest BCUT2D eigenvalue weighted by molar-refractivity contribution is -0.385. The maximum Gasteiger partial charge on any atom is 0.332 e. The molecule has 0 fully saturated rings. The molecule has 10 heteroatoms. The van der Waals surface area contributed by atoms with Gasteiger partial charge in [-0.1, -0.05) is 0 Å². The minimum absolute atomic E-state index is 0.00394. The molecule has 1 heterocycles. The molecule has 10 nitrogen and oxygen atoms in total. The number of aromatic nitrogens is 2. The van der Waals surface area contributed by atoms with Crippen molar-refractivity contribution >= 4 is 23.4 Å². The topological polar surface area (TPSA) is 153 Å². The van der Waals surface area contributed by atoms with Crippen LogP contribution >= 0.6 is 0 Å². The number of nitro groups is 1. The van der Waals surface area contributed by atoms with Gasteiger partial charge in [-0.2, -0.15) is 4.98 Å². The molecule has 1 aromatic heterocycles. The standard InChI is InChI=1S/C10H17N7O3/c1-5(2)16(4-7(11)18)9-8(17(19)20)6(3)13-10(14-9)15-12/h5H,4,12H2,1-3H3,(H2,11,18)(H,13,14,15). The van der Waals surface area contributed by atoms with Crippen molar-refractivity contribution in [1.29, 1.82) is 0 Å². The third-order valence-corrected chi connectivity index (χ3v) is 2.57. The number of rotatable bonds is 6. The molecule has 0 unspecified atom stereocenters. The molecule has 0 bridgehead atoms. The highest BCUT2D eigenvalue weighted by Gasteiger charge is 2.28. The summed E-state index contributed by atoms with van der Waals surface area (Å²) in [5.74, 6) is 4.65. The highest BCUT2D eigenvalue weighted by Crippen LogP contribution is 2.30. The van der Waals surface area contributed by atoms with Crippen molar-refractivity contribution in [2.24, 2.45) is 11.6 Å². The summed E-state index contributed by atoms with van der Waals surface area (Å²) in [7, 11) is 0. The van der Waals surface area contributed by atoms with Crippen LogP contribution in [0.2, 0.25) is 0 Å². The maximum atomic E-state index is 11.2. The summed E-state index contributed by atoms with van der Waals surface area (Å²) >= 11 is 0. The molecule has 0 aromatic carbocycles. The first-order valence-electron chi connectivity index (χ1n) is 5.82. The summed E-state index contributed by atoms with van der Waals surface area (Å²) in [5, 5.41) is 11.2. The van der Waals surface area contributed by atoms with Gasteiger partial charge >= 0.3 is 5.69 Å². The van der Waals surface area contributed by atoms with Crippen LogP contribution < -0.4 is 21.9 Å². The second-order valence-corrected chi connectivity index (χ2v) is 4.39. The molecule has 0 saturated heterocycles. The van der Waals surface area contributed by atoms with Crippen molar-refractivity contribution in [2.75, 3.05) is 16.9 Å². The fourth-order valence-electron chi connectivity index (χ4n) is 1.70. The van der Waals surface area contributed by atoms with Gasteiger partial charge in [0.2, 0.25) is 17.7 Å². The van der Waals surface area contributed by atoms with Gasteiger partial charge in [0, 0.05) is 6.04 Å². The van der Waals surface area contributed by atoms with Gasteiger partial charge in [-0.25, -0.2) is 10.8 Å². The fourth-order valence-corrected chi connectivity index (χ4v) is 1.70. The van der Waals surface area contributed by atoms with Gasteiger partial charge in [-0.3, -0.25) is 20.3 Å². The number of carbonyl (C=O) groups is 1. The lowest BCUT2D eigenvalue weighted by atomic mass is 10.2. The van der Waals surface area contributed by atoms with Crippen molar-refractivity contribution in [3.63, 3.8) is 0 Å². The third kappa shape index (κ3) is 3.29. The van der Waals surface area contributed by atoms with Crippen LogP contribution in [0.25, 0.3) is 0 Å². The highest BCUT2D eigenvalue weighted by atomic mass is 16.6. The molecule has 0 radical (unpaired) electrons. The molecular formula is C10H17N7O3. The molecule has 0 atom stereocenters. The largest absolute Gasteiger partial charge is 0.368 e. The Morgan fingerprint density at radius 2 is 2.10 bits per heavy atom. The van der Waals surface area contributed by atoms with Crippen LogP contribution in [0.3, 0.4) is 0 Å². The maximum absolute atomic E-state index is 11.2. The predicted octanol–water partition coefficient (Wildman–Crippen LogP) is -0.321. The van der Waals surface area contributed by atoms with Gasteiger partial charge in [0.15, 0.2) is 0 Å². The van der Waals surface area contributed by atoms with Crippen molar-refractivity contribution in [3.05, 3.63) is 15.8 Å². The molecule has 0 aliphatic heterocycles. The van der Waals surface area contributed by atoms with Crippen molar-refractivity contribution < 1.29 is 9.72 Å². The highest BCUT2D eigenvalue weighted by molar-refractivity contribution is 5.80. The van der Waals surface area contributed by atoms with E-state index in [-0.39, 0.29) is 35.7 Å². The van der Waals surface area contributed by atoms with Crippen LogP contribution in [-0.4, -0.2) is 33.4 Å². The Kier molecular flexibility index (Phi) is 4.75. The van der Waals surface area contributed by atoms with Gasteiger partial charge in [-0.05, 0) is 20.8 Å². The molecule has 20 heavy (non-hydrogen) atoms. The van der Waals surface area contributed by atoms with Crippen molar-refractivity contribution in [1.82, 2.24) is 9.97 Å². The summed E-state index contributed by atoms with van der Waals surface area (Å²) < 4.78 is 0. The van der Waals surface area contributed by atoms with Gasteiger partial charge in [0.05, 0.1) is 11.5 Å². The van der Waals surface area contributed by atoms with Gasteiger partial charge < -0.3 is 10.6 Å². The second-order valence-electron chi connectivity index (χ2n) is 4.39. The Hall–Kier alpha value is -2.49. The number of hydrogen-bond donors (Lipinski definition) is 3. The average Bonchev–Trinajstić information content (AvgIpc) is 2.33. The molecule has 0 aliphatic rings. The fraction of sp³-hybridized carbons (Fsp3) is 0.500. The van der Waals surface area contributed by atoms with Crippen molar-refractivity contribution in [2.45, 2.75) is 26.8 Å². The summed E-state index contributed by atoms with van der Waals surface area (Å²) in [6.45, 7) is 4.80. The van der Waals surface area contributed by atoms with E-state index in [1.165, 1.54) is 11.8 Å². The van der Waals surface area contributed by atoms with Crippen LogP contribution in [0.5, 0.6) is 0 Å². The zero-order valence-corrected chi connectivity index (χ0v) is 11.5. The number of amides is 1. The first-order chi connectivity index (χ1) is 9.27. The summed E-state index contributed by atoms with van der Waals surface area (Å²) in [6, 6.07) is -0.221. The van der Waals surface area contributed by atoms with E-state index in [0.717, 1.165) is 0 Å². The van der Waals surface area contributed by atoms with Crippen LogP contribution in [0, 0.1) is 17.0 Å². The summed E-state index contributed by atoms with van der Waals surface area (Å²) in [5.41, 5.74) is 7.27.